The molecule has 148 valence electrons. The van der Waals surface area contributed by atoms with Crippen LogP contribution in [0.25, 0.3) is 11.0 Å². The van der Waals surface area contributed by atoms with Gasteiger partial charge in [0, 0.05) is 18.7 Å². The molecular weight excluding hydrogens is 381 g/mol. The van der Waals surface area contributed by atoms with E-state index in [-0.39, 0.29) is 24.1 Å². The Morgan fingerprint density at radius 1 is 1.34 bits per heavy atom. The van der Waals surface area contributed by atoms with Gasteiger partial charge in [-0.05, 0) is 19.1 Å². The van der Waals surface area contributed by atoms with Crippen LogP contribution in [-0.2, 0) is 6.42 Å². The van der Waals surface area contributed by atoms with Gasteiger partial charge in [-0.25, -0.2) is 9.37 Å². The number of imidazole rings is 1. The van der Waals surface area contributed by atoms with Crippen LogP contribution in [0.15, 0.2) is 39.4 Å². The van der Waals surface area contributed by atoms with Crippen LogP contribution in [0.1, 0.15) is 52.8 Å². The highest BCUT2D eigenvalue weighted by atomic mass is 19.1. The molecule has 0 radical (unpaired) electrons. The van der Waals surface area contributed by atoms with E-state index in [0.29, 0.717) is 23.1 Å². The number of aromatic amines is 1. The van der Waals surface area contributed by atoms with Crippen LogP contribution in [0, 0.1) is 5.82 Å². The number of nitrogens with zero attached hydrogens (tertiary/aromatic N) is 4. The molecule has 0 saturated heterocycles. The molecular formula is C19H16FN5O4. The van der Waals surface area contributed by atoms with Gasteiger partial charge in [0.15, 0.2) is 11.6 Å². The molecule has 5 rings (SSSR count). The van der Waals surface area contributed by atoms with Crippen molar-refractivity contribution in [1.82, 2.24) is 25.1 Å². The van der Waals surface area contributed by atoms with Crippen molar-refractivity contribution < 1.29 is 23.1 Å². The van der Waals surface area contributed by atoms with Gasteiger partial charge >= 0.3 is 11.8 Å². The van der Waals surface area contributed by atoms with Crippen molar-refractivity contribution in [3.05, 3.63) is 65.3 Å². The summed E-state index contributed by atoms with van der Waals surface area (Å²) in [5.74, 6) is -1.51. The topological polar surface area (TPSA) is 121 Å². The molecule has 0 unspecified atom stereocenters. The van der Waals surface area contributed by atoms with Crippen LogP contribution in [0.5, 0.6) is 0 Å². The number of rotatable bonds is 3. The smallest absolute Gasteiger partial charge is 0.312 e. The minimum absolute atomic E-state index is 0.0112. The number of furan rings is 1. The summed E-state index contributed by atoms with van der Waals surface area (Å²) in [6.07, 6.45) is 0.994. The second kappa shape index (κ2) is 6.52. The van der Waals surface area contributed by atoms with E-state index >= 15 is 4.39 Å². The van der Waals surface area contributed by atoms with Gasteiger partial charge in [0.25, 0.3) is 0 Å². The first-order valence-electron chi connectivity index (χ1n) is 9.06. The highest BCUT2D eigenvalue weighted by molar-refractivity contribution is 5.90. The number of carbonyl (C=O) groups is 1. The number of fused-ring (bicyclic) bond motifs is 2. The Balaban J connectivity index is 1.62. The molecule has 29 heavy (non-hydrogen) atoms. The number of para-hydroxylation sites is 1. The van der Waals surface area contributed by atoms with E-state index in [2.05, 4.69) is 20.2 Å². The van der Waals surface area contributed by atoms with E-state index in [1.54, 1.807) is 24.3 Å². The molecule has 9 nitrogen and oxygen atoms in total. The van der Waals surface area contributed by atoms with Crippen molar-refractivity contribution in [2.75, 3.05) is 6.54 Å². The van der Waals surface area contributed by atoms with E-state index in [1.807, 2.05) is 0 Å². The summed E-state index contributed by atoms with van der Waals surface area (Å²) in [6.45, 7) is 1.72. The molecule has 10 heteroatoms. The van der Waals surface area contributed by atoms with E-state index in [9.17, 15) is 9.90 Å². The molecule has 1 amide bonds. The van der Waals surface area contributed by atoms with Gasteiger partial charge in [-0.3, -0.25) is 4.79 Å². The Kier molecular flexibility index (Phi) is 3.95. The predicted molar refractivity (Wildman–Crippen MR) is 96.3 cm³/mol. The third-order valence-corrected chi connectivity index (χ3v) is 4.97. The standard InChI is InChI=1S/C19H16FN5O4/c1-9(26)17-23-24-18(29-17)19(27)25-7-6-11-14(22-8-21-11)15(25)16-13(20)10-4-2-3-5-12(10)28-16/h2-5,8-9,15,26H,6-7H2,1H3,(H,21,22)/t9-,15-/m0/s1. The van der Waals surface area contributed by atoms with Crippen LogP contribution >= 0.6 is 0 Å². The second-order valence-electron chi connectivity index (χ2n) is 6.82. The fraction of sp³-hybridized carbons (Fsp3) is 0.263. The molecule has 0 fully saturated rings. The number of nitrogens with one attached hydrogen (secondary N) is 1. The normalized spacial score (nSPS) is 17.5. The average Bonchev–Trinajstić information content (AvgIpc) is 3.46. The quantitative estimate of drug-likeness (QED) is 0.545. The maximum absolute atomic E-state index is 15.2. The lowest BCUT2D eigenvalue weighted by atomic mass is 9.99. The van der Waals surface area contributed by atoms with E-state index < -0.39 is 23.9 Å². The highest BCUT2D eigenvalue weighted by Gasteiger charge is 2.40. The first-order valence-corrected chi connectivity index (χ1v) is 9.06. The number of halogens is 1. The third kappa shape index (κ3) is 2.71. The fourth-order valence-corrected chi connectivity index (χ4v) is 3.58. The second-order valence-corrected chi connectivity index (χ2v) is 6.82. The van der Waals surface area contributed by atoms with Crippen LogP contribution in [0.4, 0.5) is 4.39 Å². The molecule has 4 heterocycles. The molecule has 1 aliphatic heterocycles. The summed E-state index contributed by atoms with van der Waals surface area (Å²) in [5, 5.41) is 17.3. The zero-order chi connectivity index (χ0) is 20.1. The van der Waals surface area contributed by atoms with Crippen molar-refractivity contribution in [3.63, 3.8) is 0 Å². The lowest BCUT2D eigenvalue weighted by Gasteiger charge is -2.32. The van der Waals surface area contributed by atoms with Crippen LogP contribution in [-0.4, -0.2) is 42.6 Å². The first kappa shape index (κ1) is 17.6. The van der Waals surface area contributed by atoms with Crippen LogP contribution < -0.4 is 0 Å². The zero-order valence-corrected chi connectivity index (χ0v) is 15.3. The molecule has 2 N–H and O–H groups in total. The number of hydrogen-bond acceptors (Lipinski definition) is 7. The van der Waals surface area contributed by atoms with Crippen LogP contribution in [0.2, 0.25) is 0 Å². The molecule has 2 atom stereocenters. The minimum Gasteiger partial charge on any atom is -0.455 e. The van der Waals surface area contributed by atoms with E-state index in [4.69, 9.17) is 8.83 Å². The summed E-state index contributed by atoms with van der Waals surface area (Å²) < 4.78 is 26.3. The molecule has 1 aromatic carbocycles. The van der Waals surface area contributed by atoms with Crippen molar-refractivity contribution in [1.29, 1.82) is 0 Å². The maximum Gasteiger partial charge on any atom is 0.312 e. The SMILES string of the molecule is C[C@H](O)c1nnc(C(=O)N2CCc3[nH]cnc3[C@H]2c2oc3ccccc3c2F)o1. The molecule has 0 spiro atoms. The van der Waals surface area contributed by atoms with Crippen molar-refractivity contribution in [3.8, 4) is 0 Å². The Morgan fingerprint density at radius 3 is 2.93 bits per heavy atom. The molecule has 1 aliphatic rings. The summed E-state index contributed by atoms with van der Waals surface area (Å²) in [6, 6.07) is 5.84. The summed E-state index contributed by atoms with van der Waals surface area (Å²) in [5.41, 5.74) is 1.68. The Hall–Kier alpha value is -3.53. The van der Waals surface area contributed by atoms with Gasteiger partial charge in [-0.2, -0.15) is 0 Å². The Labute approximate surface area is 163 Å². The molecule has 0 saturated carbocycles. The number of amides is 1. The van der Waals surface area contributed by atoms with Gasteiger partial charge in [0.05, 0.1) is 17.4 Å². The van der Waals surface area contributed by atoms with Gasteiger partial charge in [-0.1, -0.05) is 12.1 Å². The van der Waals surface area contributed by atoms with Crippen molar-refractivity contribution in [2.24, 2.45) is 0 Å². The lowest BCUT2D eigenvalue weighted by molar-refractivity contribution is 0.0619. The maximum atomic E-state index is 15.2. The number of aromatic nitrogens is 4. The van der Waals surface area contributed by atoms with Gasteiger partial charge in [0.2, 0.25) is 5.89 Å². The van der Waals surface area contributed by atoms with Gasteiger partial charge in [0.1, 0.15) is 17.7 Å². The molecule has 3 aromatic heterocycles. The van der Waals surface area contributed by atoms with E-state index in [0.717, 1.165) is 5.69 Å². The summed E-state index contributed by atoms with van der Waals surface area (Å²) >= 11 is 0. The Morgan fingerprint density at radius 2 is 2.17 bits per heavy atom. The Bertz CT molecular complexity index is 1210. The lowest BCUT2D eigenvalue weighted by Crippen LogP contribution is -2.41. The number of hydrogen-bond donors (Lipinski definition) is 2. The summed E-state index contributed by atoms with van der Waals surface area (Å²) in [4.78, 5) is 21.8. The first-order chi connectivity index (χ1) is 14.0. The predicted octanol–water partition coefficient (Wildman–Crippen LogP) is 2.52. The monoisotopic (exact) mass is 397 g/mol. The number of benzene rings is 1. The molecule has 0 aliphatic carbocycles. The number of aliphatic hydroxyl groups excluding tert-OH is 1. The molecule has 0 bridgehead atoms. The average molecular weight is 397 g/mol. The molecule has 4 aromatic rings. The highest BCUT2D eigenvalue weighted by Crippen LogP contribution is 2.39. The minimum atomic E-state index is -1.01. The number of H-pyrrole nitrogens is 1. The number of carbonyl (C=O) groups excluding carboxylic acids is 1. The summed E-state index contributed by atoms with van der Waals surface area (Å²) in [7, 11) is 0. The van der Waals surface area contributed by atoms with Crippen LogP contribution in [0.3, 0.4) is 0 Å². The van der Waals surface area contributed by atoms with Crippen molar-refractivity contribution >= 4 is 16.9 Å². The van der Waals surface area contributed by atoms with E-state index in [1.165, 1.54) is 18.2 Å². The van der Waals surface area contributed by atoms with Gasteiger partial charge in [-0.15, -0.1) is 10.2 Å². The van der Waals surface area contributed by atoms with Crippen molar-refractivity contribution in [2.45, 2.75) is 25.5 Å². The zero-order valence-electron chi connectivity index (χ0n) is 15.3. The number of aliphatic hydroxyl groups is 1. The fourth-order valence-electron chi connectivity index (χ4n) is 3.58. The third-order valence-electron chi connectivity index (χ3n) is 4.97. The van der Waals surface area contributed by atoms with Gasteiger partial charge < -0.3 is 23.8 Å². The largest absolute Gasteiger partial charge is 0.455 e.